The van der Waals surface area contributed by atoms with Crippen molar-refractivity contribution >= 4 is 23.2 Å². The van der Waals surface area contributed by atoms with E-state index >= 15 is 0 Å². The molecule has 0 aliphatic heterocycles. The van der Waals surface area contributed by atoms with Gasteiger partial charge in [0.1, 0.15) is 6.04 Å². The van der Waals surface area contributed by atoms with Crippen LogP contribution >= 0.6 is 11.6 Å². The van der Waals surface area contributed by atoms with Crippen molar-refractivity contribution < 1.29 is 10.1 Å². The summed E-state index contributed by atoms with van der Waals surface area (Å²) in [4.78, 5) is 16.3. The van der Waals surface area contributed by atoms with Gasteiger partial charge in [-0.05, 0) is 23.1 Å². The summed E-state index contributed by atoms with van der Waals surface area (Å²) in [7, 11) is 0. The van der Waals surface area contributed by atoms with E-state index in [0.717, 1.165) is 0 Å². The molecule has 1 heterocycles. The Labute approximate surface area is 161 Å². The molecule has 5 heteroatoms. The molecule has 0 bridgehead atoms. The molecule has 0 spiro atoms. The second-order valence-electron chi connectivity index (χ2n) is 7.97. The highest BCUT2D eigenvalue weighted by Gasteiger charge is 2.22. The van der Waals surface area contributed by atoms with Gasteiger partial charge in [0.2, 0.25) is 0 Å². The average molecular weight is 375 g/mol. The number of benzene rings is 1. The molecule has 0 saturated carbocycles. The third-order valence-electron chi connectivity index (χ3n) is 4.47. The fourth-order valence-electron chi connectivity index (χ4n) is 2.91. The van der Waals surface area contributed by atoms with Crippen LogP contribution in [0.25, 0.3) is 0 Å². The van der Waals surface area contributed by atoms with Crippen molar-refractivity contribution in [2.24, 2.45) is 5.92 Å². The summed E-state index contributed by atoms with van der Waals surface area (Å²) >= 11 is 5.99. The van der Waals surface area contributed by atoms with Gasteiger partial charge in [0.15, 0.2) is 11.7 Å². The molecule has 0 aliphatic carbocycles. The molecule has 1 atom stereocenters. The lowest BCUT2D eigenvalue weighted by molar-refractivity contribution is -0.692. The van der Waals surface area contributed by atoms with Gasteiger partial charge in [-0.2, -0.15) is 0 Å². The zero-order valence-electron chi connectivity index (χ0n) is 16.2. The van der Waals surface area contributed by atoms with Crippen molar-refractivity contribution in [2.75, 3.05) is 11.9 Å². The van der Waals surface area contributed by atoms with Crippen molar-refractivity contribution in [1.82, 2.24) is 4.98 Å². The molecule has 1 aromatic carbocycles. The van der Waals surface area contributed by atoms with Crippen LogP contribution in [-0.2, 0) is 10.2 Å². The molecule has 0 unspecified atom stereocenters. The van der Waals surface area contributed by atoms with Crippen molar-refractivity contribution in [3.63, 3.8) is 0 Å². The number of hydrogen-bond donors (Lipinski definition) is 2. The first-order valence-electron chi connectivity index (χ1n) is 9.02. The molecule has 1 amide bonds. The van der Waals surface area contributed by atoms with Gasteiger partial charge < -0.3 is 10.6 Å². The number of hydrogen-bond acceptors (Lipinski definition) is 2. The van der Waals surface area contributed by atoms with Gasteiger partial charge in [0, 0.05) is 17.7 Å². The van der Waals surface area contributed by atoms with Crippen LogP contribution in [0.5, 0.6) is 0 Å². The Morgan fingerprint density at radius 1 is 1.19 bits per heavy atom. The summed E-state index contributed by atoms with van der Waals surface area (Å²) in [5, 5.41) is 5.20. The van der Waals surface area contributed by atoms with Crippen molar-refractivity contribution in [2.45, 2.75) is 46.1 Å². The molecular formula is C21H29ClN3O+. The fourth-order valence-corrected chi connectivity index (χ4v) is 3.08. The zero-order chi connectivity index (χ0) is 19.3. The number of carbonyl (C=O) groups excluding carboxylic acids is 1. The average Bonchev–Trinajstić information content (AvgIpc) is 2.56. The molecule has 1 aromatic heterocycles. The molecule has 3 N–H and O–H groups in total. The minimum Gasteiger partial charge on any atom is -0.332 e. The number of aromatic nitrogens is 1. The monoisotopic (exact) mass is 374 g/mol. The number of halogens is 1. The second-order valence-corrected chi connectivity index (χ2v) is 8.33. The summed E-state index contributed by atoms with van der Waals surface area (Å²) < 4.78 is 0. The number of nitrogens with two attached hydrogens (primary N) is 1. The minimum absolute atomic E-state index is 0.0862. The van der Waals surface area contributed by atoms with Gasteiger partial charge in [-0.3, -0.25) is 4.79 Å². The van der Waals surface area contributed by atoms with E-state index in [1.807, 2.05) is 0 Å². The van der Waals surface area contributed by atoms with E-state index in [1.54, 1.807) is 18.3 Å². The van der Waals surface area contributed by atoms with Crippen LogP contribution < -0.4 is 10.6 Å². The summed E-state index contributed by atoms with van der Waals surface area (Å²) in [5.74, 6) is 0.321. The van der Waals surface area contributed by atoms with E-state index in [4.69, 9.17) is 11.6 Å². The van der Waals surface area contributed by atoms with Crippen molar-refractivity contribution in [3.05, 3.63) is 58.9 Å². The highest BCUT2D eigenvalue weighted by Crippen LogP contribution is 2.25. The third kappa shape index (κ3) is 5.55. The van der Waals surface area contributed by atoms with Crippen LogP contribution in [0, 0.1) is 5.92 Å². The molecule has 2 rings (SSSR count). The predicted molar refractivity (Wildman–Crippen MR) is 107 cm³/mol. The standard InChI is InChI=1S/C21H28ClN3O/c1-14(2)19(15-8-10-16(11-9-15)21(3,4)5)24-13-18(26)25-17-7-6-12-23-20(17)22/h6-12,14,19,24H,13H2,1-5H3,(H,25,26)/p+1/t19-/m0/s1. The first-order valence-corrected chi connectivity index (χ1v) is 9.40. The van der Waals surface area contributed by atoms with Gasteiger partial charge in [0.25, 0.3) is 5.91 Å². The van der Waals surface area contributed by atoms with E-state index in [1.165, 1.54) is 11.1 Å². The van der Waals surface area contributed by atoms with E-state index < -0.39 is 0 Å². The Morgan fingerprint density at radius 2 is 1.85 bits per heavy atom. The Kier molecular flexibility index (Phi) is 6.79. The molecule has 2 aromatic rings. The van der Waals surface area contributed by atoms with E-state index in [9.17, 15) is 4.79 Å². The van der Waals surface area contributed by atoms with E-state index in [-0.39, 0.29) is 17.4 Å². The molecule has 0 saturated heterocycles. The van der Waals surface area contributed by atoms with Crippen LogP contribution in [-0.4, -0.2) is 17.4 Å². The Hall–Kier alpha value is -1.91. The summed E-state index contributed by atoms with van der Waals surface area (Å²) in [6, 6.07) is 12.5. The van der Waals surface area contributed by atoms with Crippen LogP contribution in [0.1, 0.15) is 51.8 Å². The van der Waals surface area contributed by atoms with Crippen molar-refractivity contribution in [3.8, 4) is 0 Å². The summed E-state index contributed by atoms with van der Waals surface area (Å²) in [6.07, 6.45) is 1.60. The van der Waals surface area contributed by atoms with Gasteiger partial charge in [-0.1, -0.05) is 70.5 Å². The highest BCUT2D eigenvalue weighted by molar-refractivity contribution is 6.32. The van der Waals surface area contributed by atoms with Gasteiger partial charge in [-0.25, -0.2) is 4.98 Å². The lowest BCUT2D eigenvalue weighted by Crippen LogP contribution is -2.88. The zero-order valence-corrected chi connectivity index (χ0v) is 17.0. The summed E-state index contributed by atoms with van der Waals surface area (Å²) in [5.41, 5.74) is 3.23. The third-order valence-corrected chi connectivity index (χ3v) is 4.77. The van der Waals surface area contributed by atoms with Crippen molar-refractivity contribution in [1.29, 1.82) is 0 Å². The van der Waals surface area contributed by atoms with E-state index in [2.05, 4.69) is 74.5 Å². The maximum atomic E-state index is 12.3. The van der Waals surface area contributed by atoms with Gasteiger partial charge in [0.05, 0.1) is 5.69 Å². The van der Waals surface area contributed by atoms with Crippen LogP contribution in [0.15, 0.2) is 42.6 Å². The Morgan fingerprint density at radius 3 is 2.38 bits per heavy atom. The Balaban J connectivity index is 2.02. The summed E-state index contributed by atoms with van der Waals surface area (Å²) in [6.45, 7) is 11.3. The number of quaternary nitrogens is 1. The maximum absolute atomic E-state index is 12.3. The maximum Gasteiger partial charge on any atom is 0.279 e. The number of pyridine rings is 1. The molecule has 4 nitrogen and oxygen atoms in total. The molecular weight excluding hydrogens is 346 g/mol. The molecule has 26 heavy (non-hydrogen) atoms. The number of rotatable bonds is 6. The molecule has 0 aliphatic rings. The van der Waals surface area contributed by atoms with E-state index in [0.29, 0.717) is 23.3 Å². The number of amides is 1. The Bertz CT molecular complexity index is 736. The van der Waals surface area contributed by atoms with Gasteiger partial charge >= 0.3 is 0 Å². The number of nitrogens with zero attached hydrogens (tertiary/aromatic N) is 1. The normalized spacial score (nSPS) is 12.9. The molecule has 140 valence electrons. The number of nitrogens with one attached hydrogen (secondary N) is 1. The largest absolute Gasteiger partial charge is 0.332 e. The van der Waals surface area contributed by atoms with Gasteiger partial charge in [-0.15, -0.1) is 0 Å². The lowest BCUT2D eigenvalue weighted by atomic mass is 9.85. The quantitative estimate of drug-likeness (QED) is 0.752. The second kappa shape index (κ2) is 8.65. The molecule has 0 radical (unpaired) electrons. The SMILES string of the molecule is CC(C)[C@H]([NH2+]CC(=O)Nc1cccnc1Cl)c1ccc(C(C)(C)C)cc1. The van der Waals surface area contributed by atoms with Crippen LogP contribution in [0.2, 0.25) is 5.15 Å². The predicted octanol–water partition coefficient (Wildman–Crippen LogP) is 3.93. The first kappa shape index (κ1) is 20.4. The minimum atomic E-state index is -0.0862. The lowest BCUT2D eigenvalue weighted by Gasteiger charge is -2.22. The highest BCUT2D eigenvalue weighted by atomic mass is 35.5. The molecule has 0 fully saturated rings. The van der Waals surface area contributed by atoms with Crippen LogP contribution in [0.4, 0.5) is 5.69 Å². The number of carbonyl (C=O) groups is 1. The topological polar surface area (TPSA) is 58.6 Å². The number of anilines is 1. The van der Waals surface area contributed by atoms with Crippen LogP contribution in [0.3, 0.4) is 0 Å². The first-order chi connectivity index (χ1) is 12.2. The fraction of sp³-hybridized carbons (Fsp3) is 0.429. The smallest absolute Gasteiger partial charge is 0.279 e.